The number of amides is 1. The summed E-state index contributed by atoms with van der Waals surface area (Å²) in [6.45, 7) is 4.51. The van der Waals surface area contributed by atoms with E-state index in [1.54, 1.807) is 12.3 Å². The van der Waals surface area contributed by atoms with E-state index in [1.165, 1.54) is 0 Å². The van der Waals surface area contributed by atoms with Crippen LogP contribution in [0.1, 0.15) is 5.56 Å². The fraction of sp³-hybridized carbons (Fsp3) is 0.320. The van der Waals surface area contributed by atoms with Gasteiger partial charge in [0.15, 0.2) is 5.82 Å². The molecule has 9 heteroatoms. The lowest BCUT2D eigenvalue weighted by molar-refractivity contribution is -0.150. The lowest BCUT2D eigenvalue weighted by atomic mass is 10.1. The number of hydrogen-bond acceptors (Lipinski definition) is 7. The number of para-hydroxylation sites is 1. The molecule has 2 aromatic heterocycles. The molecule has 0 saturated carbocycles. The van der Waals surface area contributed by atoms with Gasteiger partial charge in [0.05, 0.1) is 41.9 Å². The quantitative estimate of drug-likeness (QED) is 0.488. The van der Waals surface area contributed by atoms with Gasteiger partial charge in [-0.1, -0.05) is 12.1 Å². The molecule has 2 saturated heterocycles. The average Bonchev–Trinajstić information content (AvgIpc) is 3.23. The molecule has 0 radical (unpaired) electrons. The molecule has 174 valence electrons. The molecular weight excluding hydrogens is 437 g/mol. The Morgan fingerprint density at radius 2 is 1.97 bits per heavy atom. The number of fused-ring (bicyclic) bond motifs is 2. The number of anilines is 2. The van der Waals surface area contributed by atoms with Gasteiger partial charge in [-0.05, 0) is 24.3 Å². The molecule has 2 fully saturated rings. The Morgan fingerprint density at radius 1 is 1.12 bits per heavy atom. The molecule has 34 heavy (non-hydrogen) atoms. The predicted octanol–water partition coefficient (Wildman–Crippen LogP) is 3.42. The van der Waals surface area contributed by atoms with Crippen LogP contribution in [0.25, 0.3) is 21.9 Å². The maximum atomic E-state index is 13.9. The molecule has 1 amide bonds. The van der Waals surface area contributed by atoms with E-state index >= 15 is 0 Å². The van der Waals surface area contributed by atoms with E-state index < -0.39 is 0 Å². The summed E-state index contributed by atoms with van der Waals surface area (Å²) >= 11 is 0. The molecule has 2 aliphatic rings. The molecule has 8 nitrogen and oxygen atoms in total. The van der Waals surface area contributed by atoms with Gasteiger partial charge >= 0.3 is 0 Å². The maximum Gasteiger partial charge on any atom is 0.230 e. The molecule has 2 aromatic carbocycles. The van der Waals surface area contributed by atoms with Crippen LogP contribution in [0.2, 0.25) is 0 Å². The third-order valence-electron chi connectivity index (χ3n) is 6.67. The minimum Gasteiger partial charge on any atom is -0.461 e. The Kier molecular flexibility index (Phi) is 5.26. The molecule has 0 unspecified atom stereocenters. The van der Waals surface area contributed by atoms with Gasteiger partial charge in [0.1, 0.15) is 11.8 Å². The summed E-state index contributed by atoms with van der Waals surface area (Å²) < 4.78 is 24.5. The lowest BCUT2D eigenvalue weighted by Gasteiger charge is -2.39. The summed E-state index contributed by atoms with van der Waals surface area (Å²) in [7, 11) is 0. The molecule has 2 aliphatic heterocycles. The van der Waals surface area contributed by atoms with Crippen LogP contribution in [0, 0.1) is 11.7 Å². The Labute approximate surface area is 195 Å². The number of nitrogens with zero attached hydrogens (tertiary/aromatic N) is 4. The van der Waals surface area contributed by atoms with Crippen LogP contribution in [0.5, 0.6) is 0 Å². The highest BCUT2D eigenvalue weighted by molar-refractivity contribution is 5.93. The van der Waals surface area contributed by atoms with Crippen LogP contribution in [-0.4, -0.2) is 60.4 Å². The highest BCUT2D eigenvalue weighted by atomic mass is 19.1. The summed E-state index contributed by atoms with van der Waals surface area (Å²) in [4.78, 5) is 16.7. The third-order valence-corrected chi connectivity index (χ3v) is 6.67. The Morgan fingerprint density at radius 3 is 2.76 bits per heavy atom. The molecule has 0 spiro atoms. The second kappa shape index (κ2) is 8.57. The molecule has 0 aliphatic carbocycles. The number of rotatable bonds is 5. The number of halogens is 1. The summed E-state index contributed by atoms with van der Waals surface area (Å²) in [6.07, 6.45) is 2.84. The summed E-state index contributed by atoms with van der Waals surface area (Å²) in [5.74, 6) is -0.124. The highest BCUT2D eigenvalue weighted by Gasteiger charge is 2.32. The molecule has 0 atom stereocenters. The number of furan rings is 1. The van der Waals surface area contributed by atoms with Crippen molar-refractivity contribution in [2.45, 2.75) is 6.54 Å². The minimum absolute atomic E-state index is 0.0305. The molecule has 4 aromatic rings. The van der Waals surface area contributed by atoms with E-state index in [2.05, 4.69) is 26.5 Å². The predicted molar refractivity (Wildman–Crippen MR) is 126 cm³/mol. The summed E-state index contributed by atoms with van der Waals surface area (Å²) in [5, 5.41) is 13.2. The van der Waals surface area contributed by atoms with Gasteiger partial charge in [0, 0.05) is 49.4 Å². The van der Waals surface area contributed by atoms with Crippen molar-refractivity contribution in [1.29, 1.82) is 0 Å². The average molecular weight is 461 g/mol. The molecular formula is C25H24FN5O3. The minimum atomic E-state index is -0.361. The van der Waals surface area contributed by atoms with E-state index in [1.807, 2.05) is 29.2 Å². The monoisotopic (exact) mass is 461 g/mol. The van der Waals surface area contributed by atoms with Crippen LogP contribution in [0.4, 0.5) is 15.8 Å². The van der Waals surface area contributed by atoms with Gasteiger partial charge < -0.3 is 24.3 Å². The number of hydrogen-bond donors (Lipinski definition) is 1. The summed E-state index contributed by atoms with van der Waals surface area (Å²) in [5.41, 5.74) is 4.11. The van der Waals surface area contributed by atoms with E-state index in [4.69, 9.17) is 9.15 Å². The Hall–Kier alpha value is -3.72. The van der Waals surface area contributed by atoms with Gasteiger partial charge in [-0.3, -0.25) is 4.79 Å². The number of benzene rings is 2. The van der Waals surface area contributed by atoms with Crippen molar-refractivity contribution in [1.82, 2.24) is 15.1 Å². The van der Waals surface area contributed by atoms with Crippen molar-refractivity contribution in [2.24, 2.45) is 5.92 Å². The van der Waals surface area contributed by atoms with Crippen molar-refractivity contribution in [3.8, 4) is 0 Å². The smallest absolute Gasteiger partial charge is 0.230 e. The van der Waals surface area contributed by atoms with Gasteiger partial charge in [-0.25, -0.2) is 4.39 Å². The normalized spacial score (nSPS) is 16.7. The SMILES string of the molecule is O=C(C1COC1)N1CCN(c2ccc3nncc(NCc4cccc5c(F)coc45)c3c2)CC1. The fourth-order valence-corrected chi connectivity index (χ4v) is 4.62. The van der Waals surface area contributed by atoms with Crippen LogP contribution in [0.15, 0.2) is 53.3 Å². The second-order valence-corrected chi connectivity index (χ2v) is 8.74. The van der Waals surface area contributed by atoms with E-state index in [9.17, 15) is 9.18 Å². The first-order valence-electron chi connectivity index (χ1n) is 11.4. The first-order valence-corrected chi connectivity index (χ1v) is 11.4. The largest absolute Gasteiger partial charge is 0.461 e. The van der Waals surface area contributed by atoms with Crippen molar-refractivity contribution in [3.05, 3.63) is 60.2 Å². The number of nitrogens with one attached hydrogen (secondary N) is 1. The third kappa shape index (κ3) is 3.71. The van der Waals surface area contributed by atoms with Gasteiger partial charge in [0.2, 0.25) is 5.91 Å². The van der Waals surface area contributed by atoms with E-state index in [0.29, 0.717) is 43.8 Å². The standard InChI is InChI=1S/C25H24FN5O3/c26-21-15-34-24-16(2-1-3-19(21)24)11-27-23-12-28-29-22-5-4-18(10-20(22)23)30-6-8-31(9-7-30)25(32)17-13-33-14-17/h1-5,10,12,15,17H,6-9,11,13-14H2,(H,27,29). The number of piperazine rings is 1. The maximum absolute atomic E-state index is 13.9. The van der Waals surface area contributed by atoms with E-state index in [-0.39, 0.29) is 17.6 Å². The Balaban J connectivity index is 1.20. The van der Waals surface area contributed by atoms with Crippen LogP contribution in [-0.2, 0) is 16.1 Å². The highest BCUT2D eigenvalue weighted by Crippen LogP contribution is 2.29. The van der Waals surface area contributed by atoms with Crippen molar-refractivity contribution in [3.63, 3.8) is 0 Å². The van der Waals surface area contributed by atoms with E-state index in [0.717, 1.165) is 47.2 Å². The molecule has 4 heterocycles. The van der Waals surface area contributed by atoms with Crippen LogP contribution < -0.4 is 10.2 Å². The molecule has 1 N–H and O–H groups in total. The Bertz CT molecular complexity index is 1360. The zero-order chi connectivity index (χ0) is 23.1. The van der Waals surface area contributed by atoms with Crippen LogP contribution in [0.3, 0.4) is 0 Å². The van der Waals surface area contributed by atoms with Crippen molar-refractivity contribution < 1.29 is 18.3 Å². The topological polar surface area (TPSA) is 83.7 Å². The van der Waals surface area contributed by atoms with Gasteiger partial charge in [-0.15, -0.1) is 0 Å². The van der Waals surface area contributed by atoms with Crippen molar-refractivity contribution >= 4 is 39.2 Å². The first kappa shape index (κ1) is 20.9. The molecule has 0 bridgehead atoms. The summed E-state index contributed by atoms with van der Waals surface area (Å²) in [6, 6.07) is 11.6. The first-order chi connectivity index (χ1) is 16.7. The number of carbonyl (C=O) groups excluding carboxylic acids is 1. The van der Waals surface area contributed by atoms with Crippen molar-refractivity contribution in [2.75, 3.05) is 49.6 Å². The van der Waals surface area contributed by atoms with Crippen LogP contribution >= 0.6 is 0 Å². The number of ether oxygens (including phenoxy) is 1. The zero-order valence-electron chi connectivity index (χ0n) is 18.5. The zero-order valence-corrected chi connectivity index (χ0v) is 18.5. The second-order valence-electron chi connectivity index (χ2n) is 8.74. The van der Waals surface area contributed by atoms with Gasteiger partial charge in [0.25, 0.3) is 0 Å². The van der Waals surface area contributed by atoms with Gasteiger partial charge in [-0.2, -0.15) is 10.2 Å². The molecule has 6 rings (SSSR count). The number of aromatic nitrogens is 2. The fourth-order valence-electron chi connectivity index (χ4n) is 4.62. The number of carbonyl (C=O) groups is 1. The lowest BCUT2D eigenvalue weighted by Crippen LogP contribution is -2.53.